The van der Waals surface area contributed by atoms with Gasteiger partial charge in [-0.1, -0.05) is 11.6 Å². The zero-order chi connectivity index (χ0) is 14.3. The molecule has 0 aromatic heterocycles. The molecule has 108 valence electrons. The van der Waals surface area contributed by atoms with Crippen LogP contribution in [0.3, 0.4) is 0 Å². The van der Waals surface area contributed by atoms with Crippen molar-refractivity contribution in [2.75, 3.05) is 34.0 Å². The normalized spacial score (nSPS) is 14.2. The SMILES string of the molecule is COCC(CO)NCC(O)c1cc(C)ccc1OC. The number of ether oxygens (including phenoxy) is 2. The fourth-order valence-electron chi connectivity index (χ4n) is 1.88. The van der Waals surface area contributed by atoms with E-state index in [0.29, 0.717) is 18.9 Å². The van der Waals surface area contributed by atoms with E-state index in [2.05, 4.69) is 5.32 Å². The van der Waals surface area contributed by atoms with Gasteiger partial charge in [-0.25, -0.2) is 0 Å². The summed E-state index contributed by atoms with van der Waals surface area (Å²) in [7, 11) is 3.15. The van der Waals surface area contributed by atoms with E-state index in [9.17, 15) is 5.11 Å². The lowest BCUT2D eigenvalue weighted by molar-refractivity contribution is 0.110. The summed E-state index contributed by atoms with van der Waals surface area (Å²) in [6.45, 7) is 2.65. The molecule has 0 fully saturated rings. The summed E-state index contributed by atoms with van der Waals surface area (Å²) in [6, 6.07) is 5.49. The number of hydrogen-bond acceptors (Lipinski definition) is 5. The molecule has 0 aliphatic carbocycles. The van der Waals surface area contributed by atoms with Crippen molar-refractivity contribution in [1.29, 1.82) is 0 Å². The average molecular weight is 269 g/mol. The van der Waals surface area contributed by atoms with Crippen LogP contribution < -0.4 is 10.1 Å². The number of benzene rings is 1. The molecule has 0 aliphatic rings. The molecule has 1 rings (SSSR count). The summed E-state index contributed by atoms with van der Waals surface area (Å²) in [6.07, 6.45) is -0.694. The minimum Gasteiger partial charge on any atom is -0.496 e. The standard InChI is InChI=1S/C14H23NO4/c1-10-4-5-14(19-3)12(6-10)13(17)7-15-11(8-16)9-18-2/h4-6,11,13,15-17H,7-9H2,1-3H3. The van der Waals surface area contributed by atoms with Gasteiger partial charge in [-0.05, 0) is 19.1 Å². The van der Waals surface area contributed by atoms with Gasteiger partial charge in [0.15, 0.2) is 0 Å². The first-order valence-corrected chi connectivity index (χ1v) is 6.28. The first kappa shape index (κ1) is 15.9. The number of hydrogen-bond donors (Lipinski definition) is 3. The summed E-state index contributed by atoms with van der Waals surface area (Å²) in [5.74, 6) is 0.659. The fourth-order valence-corrected chi connectivity index (χ4v) is 1.88. The van der Waals surface area contributed by atoms with E-state index in [1.165, 1.54) is 0 Å². The van der Waals surface area contributed by atoms with Crippen LogP contribution in [-0.2, 0) is 4.74 Å². The third-order valence-corrected chi connectivity index (χ3v) is 2.93. The summed E-state index contributed by atoms with van der Waals surface area (Å²) in [5.41, 5.74) is 1.80. The highest BCUT2D eigenvalue weighted by Gasteiger charge is 2.15. The van der Waals surface area contributed by atoms with Crippen molar-refractivity contribution in [3.8, 4) is 5.75 Å². The van der Waals surface area contributed by atoms with Crippen molar-refractivity contribution in [3.63, 3.8) is 0 Å². The van der Waals surface area contributed by atoms with E-state index < -0.39 is 6.10 Å². The molecule has 1 aromatic carbocycles. The van der Waals surface area contributed by atoms with Crippen LogP contribution >= 0.6 is 0 Å². The second-order valence-electron chi connectivity index (χ2n) is 4.50. The van der Waals surface area contributed by atoms with Gasteiger partial charge >= 0.3 is 0 Å². The molecule has 0 amide bonds. The van der Waals surface area contributed by atoms with Gasteiger partial charge < -0.3 is 25.0 Å². The topological polar surface area (TPSA) is 71.0 Å². The fraction of sp³-hybridized carbons (Fsp3) is 0.571. The Bertz CT molecular complexity index is 384. The van der Waals surface area contributed by atoms with Gasteiger partial charge in [0.2, 0.25) is 0 Å². The third-order valence-electron chi connectivity index (χ3n) is 2.93. The number of rotatable bonds is 8. The van der Waals surface area contributed by atoms with Gasteiger partial charge in [-0.15, -0.1) is 0 Å². The van der Waals surface area contributed by atoms with E-state index in [-0.39, 0.29) is 12.6 Å². The van der Waals surface area contributed by atoms with Crippen molar-refractivity contribution >= 4 is 0 Å². The molecular weight excluding hydrogens is 246 g/mol. The summed E-state index contributed by atoms with van der Waals surface area (Å²) >= 11 is 0. The van der Waals surface area contributed by atoms with Crippen molar-refractivity contribution in [2.45, 2.75) is 19.1 Å². The lowest BCUT2D eigenvalue weighted by Gasteiger charge is -2.20. The van der Waals surface area contributed by atoms with Crippen molar-refractivity contribution in [1.82, 2.24) is 5.32 Å². The summed E-state index contributed by atoms with van der Waals surface area (Å²) in [5, 5.41) is 22.4. The maximum absolute atomic E-state index is 10.2. The quantitative estimate of drug-likeness (QED) is 0.646. The molecule has 0 aliphatic heterocycles. The van der Waals surface area contributed by atoms with E-state index in [1.807, 2.05) is 25.1 Å². The predicted octanol–water partition coefficient (Wildman–Crippen LogP) is 0.634. The predicted molar refractivity (Wildman–Crippen MR) is 73.4 cm³/mol. The van der Waals surface area contributed by atoms with Crippen LogP contribution in [0.2, 0.25) is 0 Å². The average Bonchev–Trinajstić information content (AvgIpc) is 2.43. The molecule has 0 spiro atoms. The minimum absolute atomic E-state index is 0.0362. The van der Waals surface area contributed by atoms with Gasteiger partial charge in [0.25, 0.3) is 0 Å². The Kier molecular flexibility index (Phi) is 6.80. The Morgan fingerprint density at radius 2 is 2.05 bits per heavy atom. The van der Waals surface area contributed by atoms with Gasteiger partial charge in [0.05, 0.1) is 32.5 Å². The molecular formula is C14H23NO4. The smallest absolute Gasteiger partial charge is 0.124 e. The van der Waals surface area contributed by atoms with Crippen molar-refractivity contribution in [2.24, 2.45) is 0 Å². The Hall–Kier alpha value is -1.14. The van der Waals surface area contributed by atoms with Gasteiger partial charge in [-0.3, -0.25) is 0 Å². The number of aliphatic hydroxyl groups excluding tert-OH is 2. The number of aryl methyl sites for hydroxylation is 1. The van der Waals surface area contributed by atoms with E-state index >= 15 is 0 Å². The molecule has 0 heterocycles. The van der Waals surface area contributed by atoms with Crippen LogP contribution in [0.4, 0.5) is 0 Å². The Balaban J connectivity index is 2.66. The van der Waals surface area contributed by atoms with E-state index in [4.69, 9.17) is 14.6 Å². The van der Waals surface area contributed by atoms with Crippen LogP contribution in [-0.4, -0.2) is 50.2 Å². The molecule has 0 saturated carbocycles. The molecule has 2 atom stereocenters. The van der Waals surface area contributed by atoms with Crippen LogP contribution in [0.15, 0.2) is 18.2 Å². The molecule has 3 N–H and O–H groups in total. The molecule has 2 unspecified atom stereocenters. The van der Waals surface area contributed by atoms with Gasteiger partial charge in [-0.2, -0.15) is 0 Å². The highest BCUT2D eigenvalue weighted by atomic mass is 16.5. The largest absolute Gasteiger partial charge is 0.496 e. The lowest BCUT2D eigenvalue weighted by Crippen LogP contribution is -2.38. The van der Waals surface area contributed by atoms with Crippen LogP contribution in [0.1, 0.15) is 17.2 Å². The van der Waals surface area contributed by atoms with Crippen molar-refractivity contribution < 1.29 is 19.7 Å². The zero-order valence-electron chi connectivity index (χ0n) is 11.7. The molecule has 0 saturated heterocycles. The first-order valence-electron chi connectivity index (χ1n) is 6.28. The summed E-state index contributed by atoms with van der Waals surface area (Å²) < 4.78 is 10.2. The third kappa shape index (κ3) is 4.80. The zero-order valence-corrected chi connectivity index (χ0v) is 11.7. The monoisotopic (exact) mass is 269 g/mol. The molecule has 19 heavy (non-hydrogen) atoms. The van der Waals surface area contributed by atoms with Crippen LogP contribution in [0.5, 0.6) is 5.75 Å². The Morgan fingerprint density at radius 3 is 2.63 bits per heavy atom. The number of methoxy groups -OCH3 is 2. The number of nitrogens with one attached hydrogen (secondary N) is 1. The minimum atomic E-state index is -0.694. The molecule has 0 bridgehead atoms. The van der Waals surface area contributed by atoms with Crippen LogP contribution in [0.25, 0.3) is 0 Å². The van der Waals surface area contributed by atoms with Crippen molar-refractivity contribution in [3.05, 3.63) is 29.3 Å². The highest BCUT2D eigenvalue weighted by Crippen LogP contribution is 2.25. The molecule has 5 nitrogen and oxygen atoms in total. The van der Waals surface area contributed by atoms with E-state index in [0.717, 1.165) is 11.1 Å². The lowest BCUT2D eigenvalue weighted by atomic mass is 10.0. The Labute approximate surface area is 114 Å². The van der Waals surface area contributed by atoms with E-state index in [1.54, 1.807) is 14.2 Å². The van der Waals surface area contributed by atoms with Crippen LogP contribution in [0, 0.1) is 6.92 Å². The highest BCUT2D eigenvalue weighted by molar-refractivity contribution is 5.38. The molecule has 5 heteroatoms. The summed E-state index contributed by atoms with van der Waals surface area (Å²) in [4.78, 5) is 0. The van der Waals surface area contributed by atoms with Gasteiger partial charge in [0.1, 0.15) is 5.75 Å². The molecule has 0 radical (unpaired) electrons. The maximum atomic E-state index is 10.2. The van der Waals surface area contributed by atoms with Gasteiger partial charge in [0, 0.05) is 19.2 Å². The molecule has 1 aromatic rings. The number of aliphatic hydroxyl groups is 2. The second kappa shape index (κ2) is 8.12. The Morgan fingerprint density at radius 1 is 1.32 bits per heavy atom. The second-order valence-corrected chi connectivity index (χ2v) is 4.50. The first-order chi connectivity index (χ1) is 9.12. The maximum Gasteiger partial charge on any atom is 0.124 e.